The van der Waals surface area contributed by atoms with E-state index in [9.17, 15) is 5.26 Å². The Morgan fingerprint density at radius 3 is 2.84 bits per heavy atom. The summed E-state index contributed by atoms with van der Waals surface area (Å²) in [6.45, 7) is 2.14. The lowest BCUT2D eigenvalue weighted by Gasteiger charge is -2.41. The molecule has 2 aromatic heterocycles. The maximum Gasteiger partial charge on any atom is 0.238 e. The third-order valence-electron chi connectivity index (χ3n) is 4.24. The van der Waals surface area contributed by atoms with E-state index in [2.05, 4.69) is 23.1 Å². The molecule has 0 aliphatic heterocycles. The monoisotopic (exact) mass is 275 g/mol. The number of nitriles is 1. The molecule has 3 rings (SSSR count). The first kappa shape index (κ1) is 12.2. The molecule has 0 aromatic carbocycles. The summed E-state index contributed by atoms with van der Waals surface area (Å²) in [5.74, 6) is 0.190. The van der Waals surface area contributed by atoms with E-state index in [1.165, 1.54) is 6.42 Å². The zero-order valence-corrected chi connectivity index (χ0v) is 11.4. The molecule has 1 fully saturated rings. The van der Waals surface area contributed by atoms with Crippen LogP contribution in [0, 0.1) is 11.3 Å². The summed E-state index contributed by atoms with van der Waals surface area (Å²) in [4.78, 5) is 3.96. The standard InChI is InChI=1S/C13H14ClN5/c1-2-13(4-3-5-13)11-8(6-15)10(14)9-7-17-12(16)18-19(9)11/h7H,2-5H2,1H3,(H2,16,18). The van der Waals surface area contributed by atoms with Gasteiger partial charge in [-0.3, -0.25) is 0 Å². The first-order valence-corrected chi connectivity index (χ1v) is 6.74. The van der Waals surface area contributed by atoms with Crippen LogP contribution in [0.1, 0.15) is 43.9 Å². The largest absolute Gasteiger partial charge is 0.367 e. The Hall–Kier alpha value is -1.80. The van der Waals surface area contributed by atoms with Crippen LogP contribution in [0.3, 0.4) is 0 Å². The molecule has 0 spiro atoms. The molecule has 0 amide bonds. The van der Waals surface area contributed by atoms with Gasteiger partial charge in [-0.15, -0.1) is 5.10 Å². The molecule has 1 aliphatic rings. The van der Waals surface area contributed by atoms with E-state index in [4.69, 9.17) is 17.3 Å². The maximum atomic E-state index is 9.42. The van der Waals surface area contributed by atoms with Crippen molar-refractivity contribution in [3.8, 4) is 6.07 Å². The van der Waals surface area contributed by atoms with Gasteiger partial charge in [0.1, 0.15) is 11.6 Å². The van der Waals surface area contributed by atoms with Crippen LogP contribution in [0.2, 0.25) is 5.02 Å². The number of nitrogens with two attached hydrogens (primary N) is 1. The van der Waals surface area contributed by atoms with Crippen LogP contribution in [-0.4, -0.2) is 14.6 Å². The number of halogens is 1. The minimum atomic E-state index is 0.00190. The summed E-state index contributed by atoms with van der Waals surface area (Å²) >= 11 is 6.29. The van der Waals surface area contributed by atoms with Crippen molar-refractivity contribution in [3.05, 3.63) is 22.5 Å². The zero-order valence-electron chi connectivity index (χ0n) is 10.6. The minimum absolute atomic E-state index is 0.00190. The van der Waals surface area contributed by atoms with E-state index in [0.29, 0.717) is 16.1 Å². The summed E-state index contributed by atoms with van der Waals surface area (Å²) in [7, 11) is 0. The van der Waals surface area contributed by atoms with Crippen molar-refractivity contribution in [2.75, 3.05) is 5.73 Å². The third kappa shape index (κ3) is 1.53. The second-order valence-electron chi connectivity index (χ2n) is 5.05. The van der Waals surface area contributed by atoms with Gasteiger partial charge in [0, 0.05) is 5.41 Å². The average Bonchev–Trinajstić information content (AvgIpc) is 2.62. The fraction of sp³-hybridized carbons (Fsp3) is 0.462. The molecule has 5 nitrogen and oxygen atoms in total. The first-order chi connectivity index (χ1) is 9.13. The molecule has 2 N–H and O–H groups in total. The van der Waals surface area contributed by atoms with Gasteiger partial charge in [-0.25, -0.2) is 9.50 Å². The molecule has 0 radical (unpaired) electrons. The molecule has 6 heteroatoms. The quantitative estimate of drug-likeness (QED) is 0.914. The molecular formula is C13H14ClN5. The number of hydrogen-bond donors (Lipinski definition) is 1. The highest BCUT2D eigenvalue weighted by Gasteiger charge is 2.42. The van der Waals surface area contributed by atoms with Crippen molar-refractivity contribution in [2.45, 2.75) is 38.0 Å². The normalized spacial score (nSPS) is 17.1. The van der Waals surface area contributed by atoms with Crippen molar-refractivity contribution in [1.29, 1.82) is 5.26 Å². The minimum Gasteiger partial charge on any atom is -0.367 e. The van der Waals surface area contributed by atoms with E-state index in [0.717, 1.165) is 25.0 Å². The molecule has 19 heavy (non-hydrogen) atoms. The molecule has 0 bridgehead atoms. The molecule has 0 unspecified atom stereocenters. The predicted molar refractivity (Wildman–Crippen MR) is 72.9 cm³/mol. The molecule has 0 saturated heterocycles. The van der Waals surface area contributed by atoms with Gasteiger partial charge in [-0.05, 0) is 19.3 Å². The highest BCUT2D eigenvalue weighted by molar-refractivity contribution is 6.35. The number of fused-ring (bicyclic) bond motifs is 1. The Morgan fingerprint density at radius 1 is 1.58 bits per heavy atom. The summed E-state index contributed by atoms with van der Waals surface area (Å²) in [5.41, 5.74) is 7.74. The van der Waals surface area contributed by atoms with Gasteiger partial charge in [0.15, 0.2) is 0 Å². The van der Waals surface area contributed by atoms with Crippen LogP contribution >= 0.6 is 11.6 Å². The van der Waals surface area contributed by atoms with Gasteiger partial charge in [-0.2, -0.15) is 5.26 Å². The molecule has 1 saturated carbocycles. The Kier molecular flexibility index (Phi) is 2.64. The molecule has 2 aromatic rings. The van der Waals surface area contributed by atoms with Gasteiger partial charge in [0.25, 0.3) is 0 Å². The summed E-state index contributed by atoms with van der Waals surface area (Å²) in [5, 5.41) is 14.1. The summed E-state index contributed by atoms with van der Waals surface area (Å²) < 4.78 is 1.71. The third-order valence-corrected chi connectivity index (χ3v) is 4.63. The fourth-order valence-corrected chi connectivity index (χ4v) is 3.24. The topological polar surface area (TPSA) is 80.0 Å². The fourth-order valence-electron chi connectivity index (χ4n) is 2.98. The lowest BCUT2D eigenvalue weighted by molar-refractivity contribution is 0.224. The van der Waals surface area contributed by atoms with Gasteiger partial charge >= 0.3 is 0 Å². The molecule has 1 aliphatic carbocycles. The summed E-state index contributed by atoms with van der Waals surface area (Å²) in [6.07, 6.45) is 5.84. The number of nitrogens with zero attached hydrogens (tertiary/aromatic N) is 4. The van der Waals surface area contributed by atoms with Gasteiger partial charge < -0.3 is 5.73 Å². The number of aromatic nitrogens is 3. The highest BCUT2D eigenvalue weighted by Crippen LogP contribution is 2.49. The average molecular weight is 276 g/mol. The number of rotatable bonds is 2. The smallest absolute Gasteiger partial charge is 0.238 e. The second-order valence-corrected chi connectivity index (χ2v) is 5.43. The molecule has 98 valence electrons. The van der Waals surface area contributed by atoms with Crippen LogP contribution in [0.4, 0.5) is 5.95 Å². The second kappa shape index (κ2) is 4.10. The van der Waals surface area contributed by atoms with E-state index < -0.39 is 0 Å². The van der Waals surface area contributed by atoms with Gasteiger partial charge in [0.2, 0.25) is 5.95 Å². The zero-order chi connectivity index (χ0) is 13.6. The van der Waals surface area contributed by atoms with E-state index in [1.807, 2.05) is 0 Å². The van der Waals surface area contributed by atoms with Crippen LogP contribution in [0.5, 0.6) is 0 Å². The van der Waals surface area contributed by atoms with Gasteiger partial charge in [0.05, 0.1) is 22.5 Å². The maximum absolute atomic E-state index is 9.42. The van der Waals surface area contributed by atoms with E-state index >= 15 is 0 Å². The van der Waals surface area contributed by atoms with Crippen molar-refractivity contribution in [3.63, 3.8) is 0 Å². The number of anilines is 1. The SMILES string of the molecule is CCC1(c2c(C#N)c(Cl)c3cnc(N)nn23)CCC1. The van der Waals surface area contributed by atoms with Crippen LogP contribution in [-0.2, 0) is 5.41 Å². The van der Waals surface area contributed by atoms with Crippen molar-refractivity contribution < 1.29 is 0 Å². The van der Waals surface area contributed by atoms with Crippen molar-refractivity contribution in [2.24, 2.45) is 0 Å². The first-order valence-electron chi connectivity index (χ1n) is 6.36. The van der Waals surface area contributed by atoms with E-state index in [-0.39, 0.29) is 11.4 Å². The van der Waals surface area contributed by atoms with Crippen molar-refractivity contribution >= 4 is 23.1 Å². The lowest BCUT2D eigenvalue weighted by Crippen LogP contribution is -2.35. The summed E-state index contributed by atoms with van der Waals surface area (Å²) in [6, 6.07) is 2.22. The van der Waals surface area contributed by atoms with Gasteiger partial charge in [-0.1, -0.05) is 24.9 Å². The Balaban J connectivity index is 2.39. The molecule has 0 atom stereocenters. The van der Waals surface area contributed by atoms with Crippen LogP contribution in [0.25, 0.3) is 5.52 Å². The highest BCUT2D eigenvalue weighted by atomic mass is 35.5. The van der Waals surface area contributed by atoms with Crippen molar-refractivity contribution in [1.82, 2.24) is 14.6 Å². The lowest BCUT2D eigenvalue weighted by atomic mass is 9.64. The molecule has 2 heterocycles. The van der Waals surface area contributed by atoms with Crippen LogP contribution < -0.4 is 5.73 Å². The Morgan fingerprint density at radius 2 is 2.32 bits per heavy atom. The Bertz CT molecular complexity index is 688. The van der Waals surface area contributed by atoms with E-state index in [1.54, 1.807) is 10.7 Å². The Labute approximate surface area is 116 Å². The predicted octanol–water partition coefficient (Wildman–Crippen LogP) is 2.67. The number of hydrogen-bond acceptors (Lipinski definition) is 4. The molecular weight excluding hydrogens is 262 g/mol. The van der Waals surface area contributed by atoms with Crippen LogP contribution in [0.15, 0.2) is 6.20 Å². The number of nitrogen functional groups attached to an aromatic ring is 1.